The molecule has 2 atom stereocenters. The van der Waals surface area contributed by atoms with Crippen LogP contribution < -0.4 is 5.32 Å². The molecule has 0 heterocycles. The number of carboxylic acids is 1. The molecule has 0 bridgehead atoms. The summed E-state index contributed by atoms with van der Waals surface area (Å²) in [5, 5.41) is 12.0. The fourth-order valence-electron chi connectivity index (χ4n) is 1.51. The van der Waals surface area contributed by atoms with Crippen LogP contribution in [-0.4, -0.2) is 22.5 Å². The third kappa shape index (κ3) is 2.20. The van der Waals surface area contributed by atoms with Crippen LogP contribution in [0.3, 0.4) is 0 Å². The lowest BCUT2D eigenvalue weighted by molar-refractivity contribution is -0.151. The number of carboxylic acid groups (broad SMARTS) is 1. The molecular formula is C12H21NO3. The summed E-state index contributed by atoms with van der Waals surface area (Å²) < 4.78 is 0. The molecule has 0 aliphatic heterocycles. The molecule has 92 valence electrons. The number of aliphatic carboxylic acids is 1. The van der Waals surface area contributed by atoms with Crippen LogP contribution in [0.25, 0.3) is 0 Å². The highest BCUT2D eigenvalue weighted by molar-refractivity contribution is 5.84. The Kier molecular flexibility index (Phi) is 3.05. The van der Waals surface area contributed by atoms with Gasteiger partial charge >= 0.3 is 5.97 Å². The van der Waals surface area contributed by atoms with Crippen molar-refractivity contribution in [2.75, 3.05) is 0 Å². The van der Waals surface area contributed by atoms with Gasteiger partial charge in [-0.05, 0) is 40.0 Å². The van der Waals surface area contributed by atoms with Crippen molar-refractivity contribution in [3.63, 3.8) is 0 Å². The quantitative estimate of drug-likeness (QED) is 0.767. The standard InChI is InChI=1S/C12H21NO3/c1-7-6-8(7)9(14)13-12(4,5)11(2,3)10(15)16/h7-8H,6H2,1-5H3,(H,13,14)(H,15,16)/t7-,8-/m1/s1. The second-order valence-electron chi connectivity index (χ2n) is 5.86. The molecule has 0 aromatic rings. The average Bonchev–Trinajstić information content (AvgIpc) is 2.81. The van der Waals surface area contributed by atoms with Gasteiger partial charge in [-0.2, -0.15) is 0 Å². The van der Waals surface area contributed by atoms with Gasteiger partial charge in [0.25, 0.3) is 0 Å². The predicted octanol–water partition coefficient (Wildman–Crippen LogP) is 1.65. The second kappa shape index (κ2) is 3.75. The SMILES string of the molecule is C[C@@H]1C[C@H]1C(=O)NC(C)(C)C(C)(C)C(=O)O. The zero-order valence-corrected chi connectivity index (χ0v) is 10.6. The van der Waals surface area contributed by atoms with E-state index in [0.717, 1.165) is 6.42 Å². The average molecular weight is 227 g/mol. The van der Waals surface area contributed by atoms with E-state index in [1.807, 2.05) is 6.92 Å². The molecule has 0 unspecified atom stereocenters. The molecule has 1 amide bonds. The number of carbonyl (C=O) groups excluding carboxylic acids is 1. The maximum absolute atomic E-state index is 11.8. The first-order valence-corrected chi connectivity index (χ1v) is 5.65. The summed E-state index contributed by atoms with van der Waals surface area (Å²) in [7, 11) is 0. The van der Waals surface area contributed by atoms with E-state index < -0.39 is 16.9 Å². The van der Waals surface area contributed by atoms with E-state index in [1.54, 1.807) is 27.7 Å². The molecule has 0 spiro atoms. The molecule has 0 aromatic carbocycles. The highest BCUT2D eigenvalue weighted by atomic mass is 16.4. The Balaban J connectivity index is 2.71. The van der Waals surface area contributed by atoms with Gasteiger partial charge in [0, 0.05) is 11.5 Å². The summed E-state index contributed by atoms with van der Waals surface area (Å²) in [5.74, 6) is -0.416. The largest absolute Gasteiger partial charge is 0.481 e. The van der Waals surface area contributed by atoms with Crippen molar-refractivity contribution < 1.29 is 14.7 Å². The molecule has 2 N–H and O–H groups in total. The summed E-state index contributed by atoms with van der Waals surface area (Å²) in [5.41, 5.74) is -1.74. The van der Waals surface area contributed by atoms with Crippen molar-refractivity contribution in [2.45, 2.75) is 46.6 Å². The molecule has 0 saturated heterocycles. The molecule has 1 fully saturated rings. The van der Waals surface area contributed by atoms with Crippen LogP contribution in [-0.2, 0) is 9.59 Å². The van der Waals surface area contributed by atoms with Crippen molar-refractivity contribution in [1.29, 1.82) is 0 Å². The number of amides is 1. The molecule has 4 nitrogen and oxygen atoms in total. The number of carbonyl (C=O) groups is 2. The number of rotatable bonds is 4. The third-order valence-corrected chi connectivity index (χ3v) is 3.98. The molecule has 4 heteroatoms. The van der Waals surface area contributed by atoms with E-state index in [4.69, 9.17) is 5.11 Å². The molecule has 0 aromatic heterocycles. The molecule has 1 saturated carbocycles. The first-order chi connectivity index (χ1) is 7.09. The van der Waals surface area contributed by atoms with Gasteiger partial charge in [-0.1, -0.05) is 6.92 Å². The zero-order valence-electron chi connectivity index (χ0n) is 10.6. The summed E-state index contributed by atoms with van der Waals surface area (Å²) >= 11 is 0. The summed E-state index contributed by atoms with van der Waals surface area (Å²) in [6.45, 7) is 8.80. The number of nitrogens with one attached hydrogen (secondary N) is 1. The van der Waals surface area contributed by atoms with E-state index >= 15 is 0 Å². The summed E-state index contributed by atoms with van der Waals surface area (Å²) in [6, 6.07) is 0. The lowest BCUT2D eigenvalue weighted by Gasteiger charge is -2.38. The van der Waals surface area contributed by atoms with Gasteiger partial charge in [-0.15, -0.1) is 0 Å². The van der Waals surface area contributed by atoms with Gasteiger partial charge in [-0.25, -0.2) is 0 Å². The Morgan fingerprint density at radius 3 is 2.00 bits per heavy atom. The minimum absolute atomic E-state index is 0.0215. The Hall–Kier alpha value is -1.06. The molecule has 0 radical (unpaired) electrons. The minimum Gasteiger partial charge on any atom is -0.481 e. The molecule has 16 heavy (non-hydrogen) atoms. The van der Waals surface area contributed by atoms with Crippen LogP contribution in [0.15, 0.2) is 0 Å². The van der Waals surface area contributed by atoms with Gasteiger partial charge in [0.2, 0.25) is 5.91 Å². The van der Waals surface area contributed by atoms with E-state index in [1.165, 1.54) is 0 Å². The zero-order chi connectivity index (χ0) is 12.7. The summed E-state index contributed by atoms with van der Waals surface area (Å²) in [6.07, 6.45) is 0.912. The normalized spacial score (nSPS) is 25.1. The van der Waals surface area contributed by atoms with Crippen molar-refractivity contribution in [3.05, 3.63) is 0 Å². The van der Waals surface area contributed by atoms with Crippen molar-refractivity contribution in [3.8, 4) is 0 Å². The van der Waals surface area contributed by atoms with Gasteiger partial charge < -0.3 is 10.4 Å². The Morgan fingerprint density at radius 2 is 1.69 bits per heavy atom. The Labute approximate surface area is 96.4 Å². The molecule has 1 rings (SSSR count). The van der Waals surface area contributed by atoms with Crippen molar-refractivity contribution in [2.24, 2.45) is 17.3 Å². The van der Waals surface area contributed by atoms with Crippen molar-refractivity contribution in [1.82, 2.24) is 5.32 Å². The smallest absolute Gasteiger partial charge is 0.311 e. The maximum atomic E-state index is 11.8. The maximum Gasteiger partial charge on any atom is 0.311 e. The van der Waals surface area contributed by atoms with E-state index in [9.17, 15) is 9.59 Å². The predicted molar refractivity (Wildman–Crippen MR) is 60.9 cm³/mol. The van der Waals surface area contributed by atoms with Crippen LogP contribution in [0, 0.1) is 17.3 Å². The van der Waals surface area contributed by atoms with E-state index in [2.05, 4.69) is 5.32 Å². The summed E-state index contributed by atoms with van der Waals surface area (Å²) in [4.78, 5) is 22.9. The molecular weight excluding hydrogens is 206 g/mol. The lowest BCUT2D eigenvalue weighted by Crippen LogP contribution is -2.57. The van der Waals surface area contributed by atoms with Gasteiger partial charge in [0.05, 0.1) is 5.41 Å². The fourth-order valence-corrected chi connectivity index (χ4v) is 1.51. The monoisotopic (exact) mass is 227 g/mol. The first-order valence-electron chi connectivity index (χ1n) is 5.65. The van der Waals surface area contributed by atoms with Gasteiger partial charge in [0.15, 0.2) is 0 Å². The Morgan fingerprint density at radius 1 is 1.25 bits per heavy atom. The lowest BCUT2D eigenvalue weighted by atomic mass is 9.74. The molecule has 1 aliphatic rings. The van der Waals surface area contributed by atoms with Gasteiger partial charge in [-0.3, -0.25) is 9.59 Å². The van der Waals surface area contributed by atoms with Crippen LogP contribution in [0.5, 0.6) is 0 Å². The first kappa shape index (κ1) is 13.0. The van der Waals surface area contributed by atoms with Crippen LogP contribution in [0.4, 0.5) is 0 Å². The van der Waals surface area contributed by atoms with Crippen LogP contribution in [0.1, 0.15) is 41.0 Å². The van der Waals surface area contributed by atoms with Crippen LogP contribution >= 0.6 is 0 Å². The van der Waals surface area contributed by atoms with E-state index in [-0.39, 0.29) is 11.8 Å². The van der Waals surface area contributed by atoms with Crippen LogP contribution in [0.2, 0.25) is 0 Å². The topological polar surface area (TPSA) is 66.4 Å². The van der Waals surface area contributed by atoms with E-state index in [0.29, 0.717) is 5.92 Å². The second-order valence-corrected chi connectivity index (χ2v) is 5.86. The number of hydrogen-bond acceptors (Lipinski definition) is 2. The van der Waals surface area contributed by atoms with Gasteiger partial charge in [0.1, 0.15) is 0 Å². The third-order valence-electron chi connectivity index (χ3n) is 3.98. The minimum atomic E-state index is -0.985. The fraction of sp³-hybridized carbons (Fsp3) is 0.833. The number of hydrogen-bond donors (Lipinski definition) is 2. The highest BCUT2D eigenvalue weighted by Gasteiger charge is 2.47. The molecule has 1 aliphatic carbocycles. The Bertz CT molecular complexity index is 320. The highest BCUT2D eigenvalue weighted by Crippen LogP contribution is 2.39. The van der Waals surface area contributed by atoms with Crippen molar-refractivity contribution >= 4 is 11.9 Å².